The van der Waals surface area contributed by atoms with Gasteiger partial charge in [-0.2, -0.15) is 5.26 Å². The fraction of sp³-hybridized carbons (Fsp3) is 0.333. The maximum atomic E-state index is 11.0. The van der Waals surface area contributed by atoms with Crippen LogP contribution in [0.5, 0.6) is 0 Å². The summed E-state index contributed by atoms with van der Waals surface area (Å²) in [6, 6.07) is 7.59. The molecule has 0 saturated carbocycles. The number of nitriles is 1. The lowest BCUT2D eigenvalue weighted by Crippen LogP contribution is -2.39. The van der Waals surface area contributed by atoms with Gasteiger partial charge in [0.15, 0.2) is 0 Å². The Bertz CT molecular complexity index is 465. The Kier molecular flexibility index (Phi) is 4.53. The molecule has 4 nitrogen and oxygen atoms in total. The first-order valence-electron chi connectivity index (χ1n) is 5.20. The van der Waals surface area contributed by atoms with E-state index in [1.165, 1.54) is 0 Å². The quantitative estimate of drug-likeness (QED) is 0.924. The summed E-state index contributed by atoms with van der Waals surface area (Å²) in [4.78, 5) is 12.9. The first-order valence-corrected chi connectivity index (χ1v) is 5.99. The van der Waals surface area contributed by atoms with Gasteiger partial charge >= 0.3 is 0 Å². The van der Waals surface area contributed by atoms with Crippen LogP contribution in [0.4, 0.5) is 5.69 Å². The summed E-state index contributed by atoms with van der Waals surface area (Å²) >= 11 is 3.31. The van der Waals surface area contributed by atoms with Crippen LogP contribution in [0.15, 0.2) is 22.7 Å². The normalized spacial score (nSPS) is 10.1. The highest BCUT2D eigenvalue weighted by Crippen LogP contribution is 2.25. The molecule has 1 amide bonds. The number of carbonyl (C=O) groups is 1. The second-order valence-corrected chi connectivity index (χ2v) is 4.88. The first kappa shape index (κ1) is 13.5. The molecule has 90 valence electrons. The molecule has 1 rings (SSSR count). The number of nitrogens with zero attached hydrogens (tertiary/aromatic N) is 2. The highest BCUT2D eigenvalue weighted by Gasteiger charge is 2.16. The number of amides is 1. The molecule has 0 aliphatic heterocycles. The zero-order chi connectivity index (χ0) is 13.0. The summed E-state index contributed by atoms with van der Waals surface area (Å²) < 4.78 is 0.834. The Morgan fingerprint density at radius 2 is 2.24 bits per heavy atom. The number of hydrogen-bond acceptors (Lipinski definition) is 3. The number of anilines is 1. The maximum Gasteiger partial charge on any atom is 0.236 e. The fourth-order valence-electron chi connectivity index (χ4n) is 1.56. The largest absolute Gasteiger partial charge is 0.368 e. The highest BCUT2D eigenvalue weighted by atomic mass is 79.9. The van der Waals surface area contributed by atoms with Gasteiger partial charge in [0, 0.05) is 10.5 Å². The Morgan fingerprint density at radius 3 is 2.71 bits per heavy atom. The Morgan fingerprint density at radius 1 is 1.59 bits per heavy atom. The van der Waals surface area contributed by atoms with Crippen LogP contribution in [0.1, 0.15) is 19.4 Å². The van der Waals surface area contributed by atoms with E-state index in [0.29, 0.717) is 5.56 Å². The molecule has 0 radical (unpaired) electrons. The summed E-state index contributed by atoms with van der Waals surface area (Å²) in [6.07, 6.45) is 0. The highest BCUT2D eigenvalue weighted by molar-refractivity contribution is 9.10. The lowest BCUT2D eigenvalue weighted by atomic mass is 10.1. The van der Waals surface area contributed by atoms with Crippen LogP contribution in [0.25, 0.3) is 0 Å². The van der Waals surface area contributed by atoms with Crippen molar-refractivity contribution >= 4 is 27.5 Å². The standard InChI is InChI=1S/C12H14BrN3O/c1-8(2)16(7-12(15)17)11-4-3-10(13)5-9(11)6-14/h3-5,8H,7H2,1-2H3,(H2,15,17). The molecular weight excluding hydrogens is 282 g/mol. The average Bonchev–Trinajstić information content (AvgIpc) is 2.25. The summed E-state index contributed by atoms with van der Waals surface area (Å²) in [6.45, 7) is 4.01. The molecular formula is C12H14BrN3O. The third-order valence-corrected chi connectivity index (χ3v) is 2.83. The minimum atomic E-state index is -0.412. The molecule has 0 atom stereocenters. The monoisotopic (exact) mass is 295 g/mol. The molecule has 0 spiro atoms. The molecule has 0 bridgehead atoms. The van der Waals surface area contributed by atoms with Gasteiger partial charge in [0.2, 0.25) is 5.91 Å². The van der Waals surface area contributed by atoms with Crippen molar-refractivity contribution < 1.29 is 4.79 Å². The van der Waals surface area contributed by atoms with Gasteiger partial charge in [-0.25, -0.2) is 0 Å². The average molecular weight is 296 g/mol. The van der Waals surface area contributed by atoms with Gasteiger partial charge < -0.3 is 10.6 Å². The minimum Gasteiger partial charge on any atom is -0.368 e. The number of hydrogen-bond donors (Lipinski definition) is 1. The summed E-state index contributed by atoms with van der Waals surface area (Å²) in [5, 5.41) is 9.09. The van der Waals surface area contributed by atoms with E-state index in [4.69, 9.17) is 11.0 Å². The van der Waals surface area contributed by atoms with E-state index < -0.39 is 5.91 Å². The lowest BCUT2D eigenvalue weighted by molar-refractivity contribution is -0.116. The van der Waals surface area contributed by atoms with Crippen molar-refractivity contribution in [3.63, 3.8) is 0 Å². The molecule has 17 heavy (non-hydrogen) atoms. The molecule has 1 aromatic carbocycles. The van der Waals surface area contributed by atoms with E-state index in [-0.39, 0.29) is 12.6 Å². The van der Waals surface area contributed by atoms with E-state index in [2.05, 4.69) is 22.0 Å². The molecule has 2 N–H and O–H groups in total. The first-order chi connectivity index (χ1) is 7.95. The smallest absolute Gasteiger partial charge is 0.236 e. The van der Waals surface area contributed by atoms with E-state index in [1.807, 2.05) is 30.9 Å². The van der Waals surface area contributed by atoms with Crippen molar-refractivity contribution in [3.05, 3.63) is 28.2 Å². The molecule has 0 aromatic heterocycles. The third kappa shape index (κ3) is 3.46. The number of nitrogens with two attached hydrogens (primary N) is 1. The zero-order valence-corrected chi connectivity index (χ0v) is 11.4. The number of primary amides is 1. The van der Waals surface area contributed by atoms with E-state index >= 15 is 0 Å². The van der Waals surface area contributed by atoms with Crippen LogP contribution in [0.3, 0.4) is 0 Å². The van der Waals surface area contributed by atoms with Crippen molar-refractivity contribution in [1.82, 2.24) is 0 Å². The number of halogens is 1. The van der Waals surface area contributed by atoms with E-state index in [0.717, 1.165) is 10.2 Å². The fourth-order valence-corrected chi connectivity index (χ4v) is 1.92. The van der Waals surface area contributed by atoms with Crippen molar-refractivity contribution in [2.75, 3.05) is 11.4 Å². The van der Waals surface area contributed by atoms with Gasteiger partial charge in [0.25, 0.3) is 0 Å². The molecule has 0 aliphatic rings. The molecule has 5 heteroatoms. The molecule has 0 unspecified atom stereocenters. The summed E-state index contributed by atoms with van der Waals surface area (Å²) in [5.74, 6) is -0.412. The minimum absolute atomic E-state index is 0.0933. The molecule has 0 saturated heterocycles. The Labute approximate surface area is 109 Å². The predicted molar refractivity (Wildman–Crippen MR) is 70.5 cm³/mol. The van der Waals surface area contributed by atoms with Crippen LogP contribution in [-0.4, -0.2) is 18.5 Å². The molecule has 0 heterocycles. The second kappa shape index (κ2) is 5.69. The van der Waals surface area contributed by atoms with Crippen LogP contribution >= 0.6 is 15.9 Å². The number of rotatable bonds is 4. The maximum absolute atomic E-state index is 11.0. The predicted octanol–water partition coefficient (Wildman–Crippen LogP) is 2.02. The van der Waals surface area contributed by atoms with Crippen LogP contribution in [0, 0.1) is 11.3 Å². The van der Waals surface area contributed by atoms with Gasteiger partial charge in [-0.05, 0) is 32.0 Å². The van der Waals surface area contributed by atoms with Crippen molar-refractivity contribution in [2.45, 2.75) is 19.9 Å². The van der Waals surface area contributed by atoms with Gasteiger partial charge in [-0.3, -0.25) is 4.79 Å². The van der Waals surface area contributed by atoms with E-state index in [9.17, 15) is 4.79 Å². The van der Waals surface area contributed by atoms with Crippen LogP contribution in [-0.2, 0) is 4.79 Å². The SMILES string of the molecule is CC(C)N(CC(N)=O)c1ccc(Br)cc1C#N. The lowest BCUT2D eigenvalue weighted by Gasteiger charge is -2.28. The summed E-state index contributed by atoms with van der Waals surface area (Å²) in [5.41, 5.74) is 6.47. The van der Waals surface area contributed by atoms with Gasteiger partial charge in [-0.1, -0.05) is 15.9 Å². The topological polar surface area (TPSA) is 70.1 Å². The van der Waals surface area contributed by atoms with E-state index in [1.54, 1.807) is 6.07 Å². The van der Waals surface area contributed by atoms with Crippen LogP contribution < -0.4 is 10.6 Å². The van der Waals surface area contributed by atoms with Crippen molar-refractivity contribution in [1.29, 1.82) is 5.26 Å². The molecule has 0 fully saturated rings. The number of benzene rings is 1. The Balaban J connectivity index is 3.19. The molecule has 1 aromatic rings. The van der Waals surface area contributed by atoms with Crippen molar-refractivity contribution in [2.24, 2.45) is 5.73 Å². The third-order valence-electron chi connectivity index (χ3n) is 2.34. The van der Waals surface area contributed by atoms with Gasteiger partial charge in [-0.15, -0.1) is 0 Å². The van der Waals surface area contributed by atoms with Crippen molar-refractivity contribution in [3.8, 4) is 6.07 Å². The Hall–Kier alpha value is -1.54. The zero-order valence-electron chi connectivity index (χ0n) is 9.77. The summed E-state index contributed by atoms with van der Waals surface area (Å²) in [7, 11) is 0. The molecule has 0 aliphatic carbocycles. The second-order valence-electron chi connectivity index (χ2n) is 3.96. The van der Waals surface area contributed by atoms with Crippen LogP contribution in [0.2, 0.25) is 0 Å². The number of carbonyl (C=O) groups excluding carboxylic acids is 1. The van der Waals surface area contributed by atoms with Gasteiger partial charge in [0.1, 0.15) is 6.07 Å². The van der Waals surface area contributed by atoms with Gasteiger partial charge in [0.05, 0.1) is 17.8 Å².